The van der Waals surface area contributed by atoms with Gasteiger partial charge in [0.1, 0.15) is 5.60 Å². The summed E-state index contributed by atoms with van der Waals surface area (Å²) in [7, 11) is 0. The minimum Gasteiger partial charge on any atom is -0.460 e. The van der Waals surface area contributed by atoms with Crippen LogP contribution >= 0.6 is 0 Å². The lowest BCUT2D eigenvalue weighted by Gasteiger charge is -2.34. The van der Waals surface area contributed by atoms with Crippen LogP contribution in [0, 0.1) is 5.92 Å². The summed E-state index contributed by atoms with van der Waals surface area (Å²) in [4.78, 5) is 12.6. The fourth-order valence-electron chi connectivity index (χ4n) is 2.94. The fraction of sp³-hybridized carbons (Fsp3) is 0.846. The molecule has 2 rings (SSSR count). The highest BCUT2D eigenvalue weighted by Gasteiger charge is 2.57. The molecule has 7 nitrogen and oxygen atoms in total. The van der Waals surface area contributed by atoms with Crippen LogP contribution in [0.4, 0.5) is 0 Å². The minimum absolute atomic E-state index is 0.236. The van der Waals surface area contributed by atoms with Gasteiger partial charge in [0.2, 0.25) is 0 Å². The SMILES string of the molecule is CC(C)(C)OC(=O)C1C(C)(C)NC[C@]1(C)c1nn[nH]n1. The number of aromatic nitrogens is 4. The van der Waals surface area contributed by atoms with E-state index in [0.717, 1.165) is 0 Å². The van der Waals surface area contributed by atoms with Gasteiger partial charge in [0, 0.05) is 12.1 Å². The van der Waals surface area contributed by atoms with E-state index in [2.05, 4.69) is 25.9 Å². The number of rotatable bonds is 2. The third-order valence-corrected chi connectivity index (χ3v) is 3.77. The van der Waals surface area contributed by atoms with E-state index >= 15 is 0 Å². The standard InChI is InChI=1S/C13H23N5O2/c1-11(2,3)20-9(19)8-12(4,5)14-7-13(8,6)10-15-17-18-16-10/h8,14H,7H2,1-6H3,(H,15,16,17,18)/t8?,13-/m0/s1. The lowest BCUT2D eigenvalue weighted by molar-refractivity contribution is -0.163. The molecule has 1 aromatic rings. The van der Waals surface area contributed by atoms with E-state index < -0.39 is 16.6 Å². The summed E-state index contributed by atoms with van der Waals surface area (Å²) in [6, 6.07) is 0. The Bertz CT molecular complexity index is 491. The predicted octanol–water partition coefficient (Wildman–Crippen LogP) is 0.797. The number of nitrogens with one attached hydrogen (secondary N) is 2. The van der Waals surface area contributed by atoms with Crippen molar-refractivity contribution in [3.8, 4) is 0 Å². The highest BCUT2D eigenvalue weighted by atomic mass is 16.6. The second-order valence-electron chi connectivity index (χ2n) is 7.19. The first-order chi connectivity index (χ1) is 9.06. The second kappa shape index (κ2) is 4.51. The number of tetrazole rings is 1. The molecule has 2 heterocycles. The molecule has 0 amide bonds. The Morgan fingerprint density at radius 3 is 2.50 bits per heavy atom. The molecule has 1 aromatic heterocycles. The van der Waals surface area contributed by atoms with Gasteiger partial charge in [-0.25, -0.2) is 0 Å². The molecule has 1 saturated heterocycles. The van der Waals surface area contributed by atoms with Crippen molar-refractivity contribution in [2.75, 3.05) is 6.54 Å². The zero-order valence-electron chi connectivity index (χ0n) is 12.9. The van der Waals surface area contributed by atoms with E-state index in [9.17, 15) is 4.79 Å². The molecular weight excluding hydrogens is 258 g/mol. The van der Waals surface area contributed by atoms with Gasteiger partial charge in [0.05, 0.1) is 11.3 Å². The highest BCUT2D eigenvalue weighted by Crippen LogP contribution is 2.42. The van der Waals surface area contributed by atoms with Crippen LogP contribution < -0.4 is 5.32 Å². The van der Waals surface area contributed by atoms with Crippen molar-refractivity contribution in [1.82, 2.24) is 25.9 Å². The van der Waals surface area contributed by atoms with Gasteiger partial charge in [-0.05, 0) is 34.6 Å². The molecule has 0 bridgehead atoms. The maximum Gasteiger partial charge on any atom is 0.312 e. The number of ether oxygens (including phenoxy) is 1. The third-order valence-electron chi connectivity index (χ3n) is 3.77. The van der Waals surface area contributed by atoms with E-state index in [-0.39, 0.29) is 11.9 Å². The Morgan fingerprint density at radius 2 is 2.00 bits per heavy atom. The van der Waals surface area contributed by atoms with E-state index in [1.807, 2.05) is 41.5 Å². The summed E-state index contributed by atoms with van der Waals surface area (Å²) >= 11 is 0. The topological polar surface area (TPSA) is 92.8 Å². The van der Waals surface area contributed by atoms with E-state index in [4.69, 9.17) is 4.74 Å². The van der Waals surface area contributed by atoms with E-state index in [1.54, 1.807) is 0 Å². The zero-order chi connectivity index (χ0) is 15.2. The lowest BCUT2D eigenvalue weighted by atomic mass is 9.72. The summed E-state index contributed by atoms with van der Waals surface area (Å²) in [5.74, 6) is -0.0851. The predicted molar refractivity (Wildman–Crippen MR) is 72.9 cm³/mol. The van der Waals surface area contributed by atoms with Gasteiger partial charge < -0.3 is 10.1 Å². The summed E-state index contributed by atoms with van der Waals surface area (Å²) in [5, 5.41) is 17.6. The smallest absolute Gasteiger partial charge is 0.312 e. The number of esters is 1. The highest BCUT2D eigenvalue weighted by molar-refractivity contribution is 5.77. The van der Waals surface area contributed by atoms with Crippen LogP contribution in [0.2, 0.25) is 0 Å². The number of nitrogens with zero attached hydrogens (tertiary/aromatic N) is 3. The second-order valence-corrected chi connectivity index (χ2v) is 7.19. The van der Waals surface area contributed by atoms with Crippen molar-refractivity contribution in [2.45, 2.75) is 58.1 Å². The van der Waals surface area contributed by atoms with Gasteiger partial charge in [0.25, 0.3) is 0 Å². The first-order valence-corrected chi connectivity index (χ1v) is 6.78. The summed E-state index contributed by atoms with van der Waals surface area (Å²) in [5.41, 5.74) is -1.45. The molecule has 2 atom stereocenters. The van der Waals surface area contributed by atoms with Crippen molar-refractivity contribution in [2.24, 2.45) is 5.92 Å². The molecular formula is C13H23N5O2. The molecule has 0 aromatic carbocycles. The maximum atomic E-state index is 12.6. The van der Waals surface area contributed by atoms with Gasteiger partial charge in [-0.1, -0.05) is 12.1 Å². The molecule has 0 radical (unpaired) electrons. The Morgan fingerprint density at radius 1 is 1.35 bits per heavy atom. The Labute approximate surface area is 118 Å². The number of hydrogen-bond acceptors (Lipinski definition) is 6. The van der Waals surface area contributed by atoms with Crippen LogP contribution in [0.25, 0.3) is 0 Å². The molecule has 0 saturated carbocycles. The average Bonchev–Trinajstić information content (AvgIpc) is 2.83. The average molecular weight is 281 g/mol. The van der Waals surface area contributed by atoms with Gasteiger partial charge in [-0.2, -0.15) is 5.21 Å². The van der Waals surface area contributed by atoms with Crippen molar-refractivity contribution in [3.05, 3.63) is 5.82 Å². The summed E-state index contributed by atoms with van der Waals surface area (Å²) in [6.45, 7) is 12.2. The van der Waals surface area contributed by atoms with Gasteiger partial charge in [0.15, 0.2) is 5.82 Å². The Hall–Kier alpha value is -1.50. The fourth-order valence-corrected chi connectivity index (χ4v) is 2.94. The van der Waals surface area contributed by atoms with E-state index in [1.165, 1.54) is 0 Å². The molecule has 0 aliphatic carbocycles. The molecule has 1 unspecified atom stereocenters. The quantitative estimate of drug-likeness (QED) is 0.779. The number of hydrogen-bond donors (Lipinski definition) is 2. The normalized spacial score (nSPS) is 29.4. The zero-order valence-corrected chi connectivity index (χ0v) is 12.9. The maximum absolute atomic E-state index is 12.6. The molecule has 112 valence electrons. The van der Waals surface area contributed by atoms with Crippen LogP contribution in [-0.4, -0.2) is 44.3 Å². The monoisotopic (exact) mass is 281 g/mol. The summed E-state index contributed by atoms with van der Waals surface area (Å²) in [6.07, 6.45) is 0. The Balaban J connectivity index is 2.37. The molecule has 1 fully saturated rings. The number of carbonyl (C=O) groups excluding carboxylic acids is 1. The molecule has 20 heavy (non-hydrogen) atoms. The van der Waals surface area contributed by atoms with E-state index in [0.29, 0.717) is 12.4 Å². The van der Waals surface area contributed by atoms with Crippen LogP contribution in [0.1, 0.15) is 47.4 Å². The van der Waals surface area contributed by atoms with Crippen LogP contribution in [0.15, 0.2) is 0 Å². The number of carbonyl (C=O) groups is 1. The number of H-pyrrole nitrogens is 1. The van der Waals surface area contributed by atoms with Gasteiger partial charge in [-0.3, -0.25) is 4.79 Å². The minimum atomic E-state index is -0.543. The van der Waals surface area contributed by atoms with Crippen molar-refractivity contribution < 1.29 is 9.53 Å². The van der Waals surface area contributed by atoms with Crippen molar-refractivity contribution in [1.29, 1.82) is 0 Å². The van der Waals surface area contributed by atoms with Gasteiger partial charge >= 0.3 is 5.97 Å². The summed E-state index contributed by atoms with van der Waals surface area (Å²) < 4.78 is 5.59. The van der Waals surface area contributed by atoms with Crippen LogP contribution in [0.3, 0.4) is 0 Å². The Kier molecular flexibility index (Phi) is 3.36. The largest absolute Gasteiger partial charge is 0.460 e. The van der Waals surface area contributed by atoms with Crippen LogP contribution in [0.5, 0.6) is 0 Å². The molecule has 1 aliphatic heterocycles. The third kappa shape index (κ3) is 2.54. The molecule has 0 spiro atoms. The molecule has 1 aliphatic rings. The van der Waals surface area contributed by atoms with Crippen molar-refractivity contribution in [3.63, 3.8) is 0 Å². The molecule has 7 heteroatoms. The molecule has 2 N–H and O–H groups in total. The van der Waals surface area contributed by atoms with Crippen molar-refractivity contribution >= 4 is 5.97 Å². The first kappa shape index (κ1) is 14.9. The lowest BCUT2D eigenvalue weighted by Crippen LogP contribution is -2.48. The van der Waals surface area contributed by atoms with Crippen LogP contribution in [-0.2, 0) is 14.9 Å². The number of aromatic amines is 1. The first-order valence-electron chi connectivity index (χ1n) is 6.78. The van der Waals surface area contributed by atoms with Gasteiger partial charge in [-0.15, -0.1) is 10.2 Å².